The van der Waals surface area contributed by atoms with E-state index in [0.717, 1.165) is 4.90 Å². The maximum atomic E-state index is 16.1. The van der Waals surface area contributed by atoms with E-state index in [0.29, 0.717) is 11.3 Å². The highest BCUT2D eigenvalue weighted by molar-refractivity contribution is 7.95. The number of anilines is 2. The van der Waals surface area contributed by atoms with E-state index in [9.17, 15) is 18.3 Å². The zero-order valence-corrected chi connectivity index (χ0v) is 24.5. The Morgan fingerprint density at radius 1 is 1.17 bits per heavy atom. The van der Waals surface area contributed by atoms with E-state index in [-0.39, 0.29) is 58.0 Å². The number of amides is 1. The van der Waals surface area contributed by atoms with Crippen LogP contribution in [0.2, 0.25) is 0 Å². The van der Waals surface area contributed by atoms with Crippen molar-refractivity contribution in [1.82, 2.24) is 4.98 Å². The molecule has 3 aromatic rings. The molecule has 0 radical (unpaired) electrons. The van der Waals surface area contributed by atoms with Crippen molar-refractivity contribution >= 4 is 27.1 Å². The Hall–Kier alpha value is -4.25. The second-order valence-corrected chi connectivity index (χ2v) is 13.5. The van der Waals surface area contributed by atoms with Gasteiger partial charge in [0.05, 0.1) is 16.3 Å². The molecule has 42 heavy (non-hydrogen) atoms. The molecule has 2 N–H and O–H groups in total. The molecule has 0 bridgehead atoms. The number of nitrogens with one attached hydrogen (secondary N) is 1. The average molecular weight is 596 g/mol. The normalized spacial score (nSPS) is 18.8. The lowest BCUT2D eigenvalue weighted by molar-refractivity contribution is 0.0975. The lowest BCUT2D eigenvalue weighted by Crippen LogP contribution is -2.41. The third kappa shape index (κ3) is 5.24. The average Bonchev–Trinajstić information content (AvgIpc) is 3.03. The van der Waals surface area contributed by atoms with Crippen LogP contribution in [0.5, 0.6) is 11.5 Å². The molecule has 0 saturated heterocycles. The molecule has 1 amide bonds. The van der Waals surface area contributed by atoms with E-state index < -0.39 is 44.4 Å². The molecule has 0 fully saturated rings. The van der Waals surface area contributed by atoms with Crippen molar-refractivity contribution in [2.75, 3.05) is 22.6 Å². The van der Waals surface area contributed by atoms with Crippen molar-refractivity contribution in [3.63, 3.8) is 0 Å². The molecule has 0 spiro atoms. The number of sulfone groups is 1. The van der Waals surface area contributed by atoms with Crippen LogP contribution in [0.3, 0.4) is 0 Å². The second kappa shape index (κ2) is 10.5. The van der Waals surface area contributed by atoms with E-state index in [2.05, 4.69) is 16.9 Å². The summed E-state index contributed by atoms with van der Waals surface area (Å²) in [5, 5.41) is 13.9. The largest absolute Gasteiger partial charge is 0.506 e. The van der Waals surface area contributed by atoms with Crippen LogP contribution in [0, 0.1) is 24.0 Å². The van der Waals surface area contributed by atoms with Crippen molar-refractivity contribution in [1.29, 1.82) is 0 Å². The zero-order valence-electron chi connectivity index (χ0n) is 23.7. The van der Waals surface area contributed by atoms with E-state index in [1.807, 2.05) is 0 Å². The number of hydrogen-bond acceptors (Lipinski definition) is 7. The van der Waals surface area contributed by atoms with Crippen LogP contribution < -0.4 is 15.0 Å². The quantitative estimate of drug-likeness (QED) is 0.267. The highest BCUT2D eigenvalue weighted by Crippen LogP contribution is 2.52. The number of pyridine rings is 1. The van der Waals surface area contributed by atoms with Crippen LogP contribution in [0.4, 0.5) is 20.2 Å². The van der Waals surface area contributed by atoms with Crippen molar-refractivity contribution in [2.24, 2.45) is 5.41 Å². The number of hydrogen-bond donors (Lipinski definition) is 2. The number of carbonyl (C=O) groups excluding carboxylic acids is 1. The van der Waals surface area contributed by atoms with Crippen LogP contribution in [0.25, 0.3) is 0 Å². The van der Waals surface area contributed by atoms with Crippen molar-refractivity contribution in [3.8, 4) is 11.5 Å². The number of nitrogens with zero attached hydrogens (tertiary/aromatic N) is 2. The predicted molar refractivity (Wildman–Crippen MR) is 156 cm³/mol. The summed E-state index contributed by atoms with van der Waals surface area (Å²) >= 11 is 0. The number of para-hydroxylation sites is 1. The SMILES string of the molecule is C=C(C)COc1ccc(C2C3=C(CC(C)(C)CS3(=O)=O)Nc3c(O)cccc3N2C(=O)c2cccc(C)n2)c(F)c1F. The number of aromatic nitrogens is 1. The van der Waals surface area contributed by atoms with E-state index in [4.69, 9.17) is 4.74 Å². The van der Waals surface area contributed by atoms with Crippen LogP contribution in [-0.4, -0.2) is 36.8 Å². The standard InChI is InChI=1S/C31H31F2N3O5S/c1-17(2)15-41-24-13-12-19(25(32)26(24)33)28-29-21(14-31(4,5)16-42(29,39)40)35-27-22(10-7-11-23(27)37)36(28)30(38)20-9-6-8-18(3)34-20/h6-13,28,35,37H,1,14-16H2,2-5H3. The van der Waals surface area contributed by atoms with E-state index in [1.165, 1.54) is 36.4 Å². The van der Waals surface area contributed by atoms with Gasteiger partial charge in [0.1, 0.15) is 29.8 Å². The third-order valence-corrected chi connectivity index (χ3v) is 9.40. The Balaban J connectivity index is 1.85. The summed E-state index contributed by atoms with van der Waals surface area (Å²) in [4.78, 5) is 19.4. The molecule has 220 valence electrons. The van der Waals surface area contributed by atoms with Gasteiger partial charge in [-0.2, -0.15) is 4.39 Å². The molecule has 2 aromatic carbocycles. The molecule has 1 atom stereocenters. The monoisotopic (exact) mass is 595 g/mol. The minimum atomic E-state index is -4.17. The lowest BCUT2D eigenvalue weighted by atomic mass is 9.88. The number of allylic oxidation sites excluding steroid dienone is 1. The summed E-state index contributed by atoms with van der Waals surface area (Å²) in [6.45, 7) is 10.5. The number of ether oxygens (including phenoxy) is 1. The van der Waals surface area contributed by atoms with Crippen LogP contribution >= 0.6 is 0 Å². The molecule has 2 aliphatic rings. The molecular weight excluding hydrogens is 564 g/mol. The van der Waals surface area contributed by atoms with Gasteiger partial charge < -0.3 is 15.2 Å². The number of fused-ring (bicyclic) bond motifs is 1. The summed E-state index contributed by atoms with van der Waals surface area (Å²) in [5.41, 5.74) is 0.221. The molecule has 1 unspecified atom stereocenters. The molecule has 0 saturated carbocycles. The Bertz CT molecular complexity index is 1770. The topological polar surface area (TPSA) is 109 Å². The summed E-state index contributed by atoms with van der Waals surface area (Å²) in [6, 6.07) is 9.88. The van der Waals surface area contributed by atoms with Gasteiger partial charge in [0.15, 0.2) is 21.4 Å². The minimum absolute atomic E-state index is 0.0471. The Morgan fingerprint density at radius 3 is 2.57 bits per heavy atom. The number of phenols is 1. The lowest BCUT2D eigenvalue weighted by Gasteiger charge is -2.37. The van der Waals surface area contributed by atoms with E-state index in [1.54, 1.807) is 39.8 Å². The molecule has 0 aliphatic carbocycles. The second-order valence-electron chi connectivity index (χ2n) is 11.5. The summed E-state index contributed by atoms with van der Waals surface area (Å²) < 4.78 is 65.1. The minimum Gasteiger partial charge on any atom is -0.506 e. The first-order chi connectivity index (χ1) is 19.7. The number of halogens is 2. The van der Waals surface area contributed by atoms with Gasteiger partial charge in [-0.3, -0.25) is 9.69 Å². The first-order valence-electron chi connectivity index (χ1n) is 13.3. The molecule has 2 aliphatic heterocycles. The van der Waals surface area contributed by atoms with Crippen LogP contribution in [0.1, 0.15) is 55.0 Å². The Morgan fingerprint density at radius 2 is 1.88 bits per heavy atom. The van der Waals surface area contributed by atoms with Crippen molar-refractivity contribution in [2.45, 2.75) is 40.2 Å². The van der Waals surface area contributed by atoms with Crippen molar-refractivity contribution in [3.05, 3.63) is 99.9 Å². The fraction of sp³-hybridized carbons (Fsp3) is 0.290. The van der Waals surface area contributed by atoms with Crippen molar-refractivity contribution < 1.29 is 31.8 Å². The van der Waals surface area contributed by atoms with Gasteiger partial charge >= 0.3 is 0 Å². The van der Waals surface area contributed by atoms with Crippen LogP contribution in [-0.2, 0) is 9.84 Å². The van der Waals surface area contributed by atoms with Gasteiger partial charge in [-0.25, -0.2) is 17.8 Å². The highest BCUT2D eigenvalue weighted by atomic mass is 32.2. The zero-order chi connectivity index (χ0) is 30.6. The van der Waals surface area contributed by atoms with Gasteiger partial charge in [-0.05, 0) is 67.7 Å². The highest BCUT2D eigenvalue weighted by Gasteiger charge is 2.48. The number of rotatable bonds is 5. The summed E-state index contributed by atoms with van der Waals surface area (Å²) in [7, 11) is -4.17. The van der Waals surface area contributed by atoms with Gasteiger partial charge in [-0.15, -0.1) is 0 Å². The summed E-state index contributed by atoms with van der Waals surface area (Å²) in [6.07, 6.45) is 0.195. The molecule has 1 aromatic heterocycles. The smallest absolute Gasteiger partial charge is 0.277 e. The van der Waals surface area contributed by atoms with Crippen LogP contribution in [0.15, 0.2) is 71.3 Å². The Labute approximate surface area is 243 Å². The first-order valence-corrected chi connectivity index (χ1v) is 14.9. The fourth-order valence-corrected chi connectivity index (χ4v) is 7.82. The maximum Gasteiger partial charge on any atom is 0.277 e. The third-order valence-electron chi connectivity index (χ3n) is 7.10. The number of carbonyl (C=O) groups is 1. The summed E-state index contributed by atoms with van der Waals surface area (Å²) in [5.74, 6) is -4.42. The number of phenolic OH excluding ortho intramolecular Hbond substituents is 1. The predicted octanol–water partition coefficient (Wildman–Crippen LogP) is 6.20. The molecule has 11 heteroatoms. The fourth-order valence-electron chi connectivity index (χ4n) is 5.46. The number of benzene rings is 2. The van der Waals surface area contributed by atoms with Gasteiger partial charge in [-0.1, -0.05) is 32.6 Å². The molecule has 8 nitrogen and oxygen atoms in total. The number of aromatic hydroxyl groups is 1. The van der Waals surface area contributed by atoms with Gasteiger partial charge in [0.2, 0.25) is 5.82 Å². The van der Waals surface area contributed by atoms with Gasteiger partial charge in [0, 0.05) is 17.0 Å². The Kier molecular flexibility index (Phi) is 7.34. The molecular formula is C31H31F2N3O5S. The molecule has 5 rings (SSSR count). The van der Waals surface area contributed by atoms with Gasteiger partial charge in [0.25, 0.3) is 5.91 Å². The van der Waals surface area contributed by atoms with E-state index >= 15 is 8.78 Å². The first kappa shape index (κ1) is 29.2. The molecule has 3 heterocycles. The maximum absolute atomic E-state index is 16.1. The number of aryl methyl sites for hydroxylation is 1.